The van der Waals surface area contributed by atoms with Crippen LogP contribution in [0.25, 0.3) is 0 Å². The predicted octanol–water partition coefficient (Wildman–Crippen LogP) is 3.89. The van der Waals surface area contributed by atoms with Gasteiger partial charge in [-0.15, -0.1) is 0 Å². The first-order chi connectivity index (χ1) is 10.0. The number of nitrogens with zero attached hydrogens (tertiary/aromatic N) is 2. The van der Waals surface area contributed by atoms with Gasteiger partial charge in [0.1, 0.15) is 11.6 Å². The largest absolute Gasteiger partial charge is 0.369 e. The average molecular weight is 370 g/mol. The maximum absolute atomic E-state index is 12.2. The van der Waals surface area contributed by atoms with Gasteiger partial charge in [-0.05, 0) is 47.5 Å². The number of amides is 1. The van der Waals surface area contributed by atoms with Crippen LogP contribution in [0.1, 0.15) is 22.8 Å². The summed E-state index contributed by atoms with van der Waals surface area (Å²) >= 11 is 9.41. The standard InChI is InChI=1S/C14H14BrClN4O/c1-3-17-13-11(16)5-9(6-18-13)14(21)20-12-8(2)4-10(15)7-19-12/h4-7H,3H2,1-2H3,(H,17,18)(H,19,20,21). The molecule has 0 radical (unpaired) electrons. The van der Waals surface area contributed by atoms with Crippen LogP contribution in [0.4, 0.5) is 11.6 Å². The highest BCUT2D eigenvalue weighted by Crippen LogP contribution is 2.21. The molecule has 0 unspecified atom stereocenters. The maximum Gasteiger partial charge on any atom is 0.258 e. The minimum absolute atomic E-state index is 0.301. The van der Waals surface area contributed by atoms with Gasteiger partial charge in [0.05, 0.1) is 10.6 Å². The second-order valence-electron chi connectivity index (χ2n) is 4.36. The lowest BCUT2D eigenvalue weighted by Gasteiger charge is -2.09. The van der Waals surface area contributed by atoms with Gasteiger partial charge in [0, 0.05) is 23.4 Å². The molecule has 1 amide bonds. The summed E-state index contributed by atoms with van der Waals surface area (Å²) in [6.07, 6.45) is 3.11. The van der Waals surface area contributed by atoms with Crippen molar-refractivity contribution in [2.24, 2.45) is 0 Å². The molecule has 2 aromatic rings. The molecular weight excluding hydrogens is 356 g/mol. The number of hydrogen-bond donors (Lipinski definition) is 2. The van der Waals surface area contributed by atoms with Crippen LogP contribution in [0.5, 0.6) is 0 Å². The van der Waals surface area contributed by atoms with E-state index < -0.39 is 0 Å². The summed E-state index contributed by atoms with van der Waals surface area (Å²) in [4.78, 5) is 20.5. The van der Waals surface area contributed by atoms with Gasteiger partial charge in [-0.25, -0.2) is 9.97 Å². The van der Waals surface area contributed by atoms with Gasteiger partial charge in [-0.1, -0.05) is 11.6 Å². The van der Waals surface area contributed by atoms with E-state index in [1.54, 1.807) is 12.3 Å². The molecule has 110 valence electrons. The number of carbonyl (C=O) groups excluding carboxylic acids is 1. The monoisotopic (exact) mass is 368 g/mol. The molecular formula is C14H14BrClN4O. The van der Waals surface area contributed by atoms with Crippen molar-refractivity contribution in [1.29, 1.82) is 0 Å². The van der Waals surface area contributed by atoms with E-state index in [0.29, 0.717) is 28.8 Å². The molecule has 21 heavy (non-hydrogen) atoms. The Hall–Kier alpha value is -1.66. The molecule has 0 atom stereocenters. The highest BCUT2D eigenvalue weighted by Gasteiger charge is 2.12. The van der Waals surface area contributed by atoms with Gasteiger partial charge >= 0.3 is 0 Å². The lowest BCUT2D eigenvalue weighted by molar-refractivity contribution is 0.102. The fourth-order valence-corrected chi connectivity index (χ4v) is 2.39. The minimum atomic E-state index is -0.301. The van der Waals surface area contributed by atoms with Crippen LogP contribution in [0, 0.1) is 6.92 Å². The normalized spacial score (nSPS) is 10.3. The molecule has 2 aromatic heterocycles. The molecule has 0 bridgehead atoms. The lowest BCUT2D eigenvalue weighted by Crippen LogP contribution is -2.14. The minimum Gasteiger partial charge on any atom is -0.369 e. The van der Waals surface area contributed by atoms with Crippen LogP contribution in [0.2, 0.25) is 5.02 Å². The number of aryl methyl sites for hydroxylation is 1. The van der Waals surface area contributed by atoms with Crippen LogP contribution >= 0.6 is 27.5 Å². The van der Waals surface area contributed by atoms with Gasteiger partial charge in [0.25, 0.3) is 5.91 Å². The fraction of sp³-hybridized carbons (Fsp3) is 0.214. The van der Waals surface area contributed by atoms with Crippen LogP contribution in [-0.2, 0) is 0 Å². The van der Waals surface area contributed by atoms with Crippen molar-refractivity contribution in [3.05, 3.63) is 45.1 Å². The predicted molar refractivity (Wildman–Crippen MR) is 88.0 cm³/mol. The Morgan fingerprint density at radius 2 is 2.00 bits per heavy atom. The van der Waals surface area contributed by atoms with Crippen molar-refractivity contribution >= 4 is 45.1 Å². The molecule has 0 fully saturated rings. The number of pyridine rings is 2. The molecule has 0 aliphatic heterocycles. The Morgan fingerprint density at radius 1 is 1.29 bits per heavy atom. The highest BCUT2D eigenvalue weighted by molar-refractivity contribution is 9.10. The molecule has 7 heteroatoms. The zero-order chi connectivity index (χ0) is 15.4. The van der Waals surface area contributed by atoms with E-state index in [9.17, 15) is 4.79 Å². The van der Waals surface area contributed by atoms with Crippen molar-refractivity contribution in [2.75, 3.05) is 17.2 Å². The number of anilines is 2. The van der Waals surface area contributed by atoms with E-state index in [-0.39, 0.29) is 5.91 Å². The molecule has 2 rings (SSSR count). The first-order valence-corrected chi connectivity index (χ1v) is 7.51. The SMILES string of the molecule is CCNc1ncc(C(=O)Nc2ncc(Br)cc2C)cc1Cl. The molecule has 0 saturated heterocycles. The molecule has 0 spiro atoms. The van der Waals surface area contributed by atoms with Gasteiger partial charge in [-0.2, -0.15) is 0 Å². The zero-order valence-electron chi connectivity index (χ0n) is 11.6. The maximum atomic E-state index is 12.2. The Kier molecular flexibility index (Phi) is 5.14. The van der Waals surface area contributed by atoms with E-state index in [1.165, 1.54) is 6.20 Å². The highest BCUT2D eigenvalue weighted by atomic mass is 79.9. The number of nitrogens with one attached hydrogen (secondary N) is 2. The number of carbonyl (C=O) groups is 1. The zero-order valence-corrected chi connectivity index (χ0v) is 13.9. The third-order valence-corrected chi connectivity index (χ3v) is 3.45. The van der Waals surface area contributed by atoms with E-state index >= 15 is 0 Å². The van der Waals surface area contributed by atoms with Crippen LogP contribution in [0.3, 0.4) is 0 Å². The van der Waals surface area contributed by atoms with Crippen LogP contribution in [-0.4, -0.2) is 22.4 Å². The molecule has 0 aliphatic carbocycles. The van der Waals surface area contributed by atoms with Gasteiger partial charge in [0.15, 0.2) is 0 Å². The van der Waals surface area contributed by atoms with E-state index in [1.807, 2.05) is 19.9 Å². The second-order valence-corrected chi connectivity index (χ2v) is 5.68. The van der Waals surface area contributed by atoms with Crippen LogP contribution < -0.4 is 10.6 Å². The summed E-state index contributed by atoms with van der Waals surface area (Å²) in [6, 6.07) is 3.46. The summed E-state index contributed by atoms with van der Waals surface area (Å²) in [5.74, 6) is 0.772. The molecule has 2 heterocycles. The summed E-state index contributed by atoms with van der Waals surface area (Å²) < 4.78 is 0.859. The quantitative estimate of drug-likeness (QED) is 0.858. The topological polar surface area (TPSA) is 66.9 Å². The molecule has 0 aromatic carbocycles. The smallest absolute Gasteiger partial charge is 0.258 e. The average Bonchev–Trinajstić information content (AvgIpc) is 2.44. The number of aromatic nitrogens is 2. The molecule has 2 N–H and O–H groups in total. The Bertz CT molecular complexity index is 678. The lowest BCUT2D eigenvalue weighted by atomic mass is 10.2. The van der Waals surface area contributed by atoms with Crippen molar-refractivity contribution < 1.29 is 4.79 Å². The van der Waals surface area contributed by atoms with Crippen molar-refractivity contribution in [3.63, 3.8) is 0 Å². The number of halogens is 2. The third-order valence-electron chi connectivity index (χ3n) is 2.72. The summed E-state index contributed by atoms with van der Waals surface area (Å²) in [6.45, 7) is 4.52. The Labute approximate surface area is 136 Å². The van der Waals surface area contributed by atoms with E-state index in [2.05, 4.69) is 36.5 Å². The summed E-state index contributed by atoms with van der Waals surface area (Å²) in [7, 11) is 0. The van der Waals surface area contributed by atoms with Crippen molar-refractivity contribution in [2.45, 2.75) is 13.8 Å². The molecule has 5 nitrogen and oxygen atoms in total. The van der Waals surface area contributed by atoms with Crippen LogP contribution in [0.15, 0.2) is 29.0 Å². The Morgan fingerprint density at radius 3 is 2.62 bits per heavy atom. The first-order valence-electron chi connectivity index (χ1n) is 6.34. The van der Waals surface area contributed by atoms with Gasteiger partial charge < -0.3 is 10.6 Å². The fourth-order valence-electron chi connectivity index (χ4n) is 1.71. The van der Waals surface area contributed by atoms with Gasteiger partial charge in [-0.3, -0.25) is 4.79 Å². The summed E-state index contributed by atoms with van der Waals surface area (Å²) in [5, 5.41) is 6.16. The van der Waals surface area contributed by atoms with Crippen molar-refractivity contribution in [1.82, 2.24) is 9.97 Å². The van der Waals surface area contributed by atoms with Gasteiger partial charge in [0.2, 0.25) is 0 Å². The van der Waals surface area contributed by atoms with Crippen molar-refractivity contribution in [3.8, 4) is 0 Å². The summed E-state index contributed by atoms with van der Waals surface area (Å²) in [5.41, 5.74) is 1.24. The Balaban J connectivity index is 2.18. The molecule has 0 aliphatic rings. The van der Waals surface area contributed by atoms with E-state index in [4.69, 9.17) is 11.6 Å². The second kappa shape index (κ2) is 6.87. The third kappa shape index (κ3) is 3.92. The number of rotatable bonds is 4. The van der Waals surface area contributed by atoms with E-state index in [0.717, 1.165) is 10.0 Å². The number of hydrogen-bond acceptors (Lipinski definition) is 4. The first kappa shape index (κ1) is 15.7. The molecule has 0 saturated carbocycles.